The Balaban J connectivity index is 1.98. The molecule has 2 rings (SSSR count). The first-order valence-corrected chi connectivity index (χ1v) is 6.23. The van der Waals surface area contributed by atoms with E-state index in [2.05, 4.69) is 17.1 Å². The smallest absolute Gasteiger partial charge is 0.217 e. The first kappa shape index (κ1) is 10.9. The molecule has 2 fully saturated rings. The first-order valence-electron chi connectivity index (χ1n) is 6.23. The molecule has 1 amide bonds. The highest BCUT2D eigenvalue weighted by molar-refractivity contribution is 5.73. The van der Waals surface area contributed by atoms with E-state index in [1.807, 2.05) is 0 Å². The Kier molecular flexibility index (Phi) is 3.29. The van der Waals surface area contributed by atoms with Gasteiger partial charge in [0.2, 0.25) is 5.91 Å². The topological polar surface area (TPSA) is 32.3 Å². The molecule has 0 aromatic carbocycles. The molecule has 2 aliphatic heterocycles. The summed E-state index contributed by atoms with van der Waals surface area (Å²) in [6.45, 7) is 5.05. The van der Waals surface area contributed by atoms with E-state index < -0.39 is 0 Å². The van der Waals surface area contributed by atoms with E-state index in [4.69, 9.17) is 0 Å². The third kappa shape index (κ3) is 2.33. The van der Waals surface area contributed by atoms with Crippen molar-refractivity contribution in [1.82, 2.24) is 10.2 Å². The maximum absolute atomic E-state index is 11.1. The number of nitrogens with one attached hydrogen (secondary N) is 1. The molecule has 15 heavy (non-hydrogen) atoms. The van der Waals surface area contributed by atoms with Crippen LogP contribution in [0.2, 0.25) is 0 Å². The van der Waals surface area contributed by atoms with Crippen molar-refractivity contribution in [3.63, 3.8) is 0 Å². The number of fused-ring (bicyclic) bond motifs is 2. The van der Waals surface area contributed by atoms with Gasteiger partial charge in [0.25, 0.3) is 0 Å². The zero-order chi connectivity index (χ0) is 10.8. The van der Waals surface area contributed by atoms with Crippen LogP contribution in [0.15, 0.2) is 0 Å². The van der Waals surface area contributed by atoms with E-state index >= 15 is 0 Å². The summed E-state index contributed by atoms with van der Waals surface area (Å²) < 4.78 is 0. The Labute approximate surface area is 92.2 Å². The maximum Gasteiger partial charge on any atom is 0.217 e. The van der Waals surface area contributed by atoms with Crippen LogP contribution in [0.5, 0.6) is 0 Å². The van der Waals surface area contributed by atoms with Crippen molar-refractivity contribution in [2.75, 3.05) is 6.54 Å². The van der Waals surface area contributed by atoms with E-state index in [1.54, 1.807) is 6.92 Å². The predicted octanol–water partition coefficient (Wildman–Crippen LogP) is 1.53. The molecule has 0 spiro atoms. The molecular formula is C12H22N2O. The Morgan fingerprint density at radius 2 is 1.93 bits per heavy atom. The van der Waals surface area contributed by atoms with Gasteiger partial charge in [0.15, 0.2) is 0 Å². The van der Waals surface area contributed by atoms with Crippen molar-refractivity contribution in [3.05, 3.63) is 0 Å². The lowest BCUT2D eigenvalue weighted by Crippen LogP contribution is -2.56. The maximum atomic E-state index is 11.1. The zero-order valence-corrected chi connectivity index (χ0v) is 9.83. The molecule has 0 aromatic rings. The number of amides is 1. The second-order valence-electron chi connectivity index (χ2n) is 4.94. The van der Waals surface area contributed by atoms with Crippen LogP contribution in [0.25, 0.3) is 0 Å². The number of piperidine rings is 2. The monoisotopic (exact) mass is 210 g/mol. The number of hydrogen-bond acceptors (Lipinski definition) is 2. The molecule has 2 aliphatic rings. The molecule has 2 bridgehead atoms. The molecule has 3 atom stereocenters. The van der Waals surface area contributed by atoms with Gasteiger partial charge in [-0.3, -0.25) is 9.69 Å². The predicted molar refractivity (Wildman–Crippen MR) is 60.6 cm³/mol. The average molecular weight is 210 g/mol. The summed E-state index contributed by atoms with van der Waals surface area (Å²) in [6.07, 6.45) is 6.33. The fraction of sp³-hybridized carbons (Fsp3) is 0.917. The minimum absolute atomic E-state index is 0.128. The van der Waals surface area contributed by atoms with Crippen LogP contribution in [-0.2, 0) is 4.79 Å². The largest absolute Gasteiger partial charge is 0.353 e. The SMILES string of the molecule is CCN1C2CCC[C@@H]1C[C@H](NC(C)=O)C2. The highest BCUT2D eigenvalue weighted by Gasteiger charge is 2.37. The van der Waals surface area contributed by atoms with Crippen molar-refractivity contribution in [1.29, 1.82) is 0 Å². The van der Waals surface area contributed by atoms with Gasteiger partial charge in [0.1, 0.15) is 0 Å². The lowest BCUT2D eigenvalue weighted by Gasteiger charge is -2.48. The van der Waals surface area contributed by atoms with Crippen molar-refractivity contribution < 1.29 is 4.79 Å². The molecule has 1 unspecified atom stereocenters. The highest BCUT2D eigenvalue weighted by atomic mass is 16.1. The average Bonchev–Trinajstić information content (AvgIpc) is 2.15. The summed E-state index contributed by atoms with van der Waals surface area (Å²) in [5, 5.41) is 3.09. The molecule has 1 N–H and O–H groups in total. The summed E-state index contributed by atoms with van der Waals surface area (Å²) in [5.41, 5.74) is 0. The van der Waals surface area contributed by atoms with Gasteiger partial charge < -0.3 is 5.32 Å². The fourth-order valence-electron chi connectivity index (χ4n) is 3.40. The Hall–Kier alpha value is -0.570. The van der Waals surface area contributed by atoms with Crippen molar-refractivity contribution in [3.8, 4) is 0 Å². The molecule has 2 heterocycles. The number of carbonyl (C=O) groups excluding carboxylic acids is 1. The van der Waals surface area contributed by atoms with Crippen LogP contribution in [0.4, 0.5) is 0 Å². The summed E-state index contributed by atoms with van der Waals surface area (Å²) in [4.78, 5) is 13.7. The summed E-state index contributed by atoms with van der Waals surface area (Å²) in [5.74, 6) is 0.128. The van der Waals surface area contributed by atoms with Crippen LogP contribution in [0, 0.1) is 0 Å². The van der Waals surface area contributed by atoms with Gasteiger partial charge in [-0.2, -0.15) is 0 Å². The Bertz CT molecular complexity index is 228. The molecule has 0 radical (unpaired) electrons. The molecule has 0 aliphatic carbocycles. The highest BCUT2D eigenvalue weighted by Crippen LogP contribution is 2.33. The van der Waals surface area contributed by atoms with Crippen LogP contribution in [0.3, 0.4) is 0 Å². The summed E-state index contributed by atoms with van der Waals surface area (Å²) in [7, 11) is 0. The fourth-order valence-corrected chi connectivity index (χ4v) is 3.40. The van der Waals surface area contributed by atoms with Gasteiger partial charge >= 0.3 is 0 Å². The third-order valence-corrected chi connectivity index (χ3v) is 3.90. The van der Waals surface area contributed by atoms with Gasteiger partial charge in [-0.15, -0.1) is 0 Å². The minimum Gasteiger partial charge on any atom is -0.353 e. The quantitative estimate of drug-likeness (QED) is 0.749. The van der Waals surface area contributed by atoms with Crippen LogP contribution in [-0.4, -0.2) is 35.5 Å². The van der Waals surface area contributed by atoms with Gasteiger partial charge in [-0.05, 0) is 32.2 Å². The molecule has 2 saturated heterocycles. The number of carbonyl (C=O) groups is 1. The Morgan fingerprint density at radius 3 is 2.40 bits per heavy atom. The molecule has 86 valence electrons. The van der Waals surface area contributed by atoms with E-state index in [1.165, 1.54) is 25.8 Å². The standard InChI is InChI=1S/C12H22N2O/c1-3-14-11-5-4-6-12(14)8-10(7-11)13-9(2)15/h10-12H,3-8H2,1-2H3,(H,13,15)/t10-,11+,12?/m0/s1. The molecular weight excluding hydrogens is 188 g/mol. The minimum atomic E-state index is 0.128. The van der Waals surface area contributed by atoms with Gasteiger partial charge in [0, 0.05) is 25.0 Å². The van der Waals surface area contributed by atoms with Gasteiger partial charge in [-0.25, -0.2) is 0 Å². The molecule has 0 saturated carbocycles. The third-order valence-electron chi connectivity index (χ3n) is 3.90. The van der Waals surface area contributed by atoms with Gasteiger partial charge in [0.05, 0.1) is 0 Å². The number of nitrogens with zero attached hydrogens (tertiary/aromatic N) is 1. The van der Waals surface area contributed by atoms with E-state index in [9.17, 15) is 4.79 Å². The number of rotatable bonds is 2. The molecule has 0 aromatic heterocycles. The van der Waals surface area contributed by atoms with E-state index in [-0.39, 0.29) is 5.91 Å². The van der Waals surface area contributed by atoms with Crippen molar-refractivity contribution in [2.24, 2.45) is 0 Å². The van der Waals surface area contributed by atoms with Crippen LogP contribution >= 0.6 is 0 Å². The lowest BCUT2D eigenvalue weighted by atomic mass is 9.82. The van der Waals surface area contributed by atoms with Crippen molar-refractivity contribution in [2.45, 2.75) is 64.1 Å². The first-order chi connectivity index (χ1) is 7.20. The van der Waals surface area contributed by atoms with E-state index in [0.29, 0.717) is 6.04 Å². The van der Waals surface area contributed by atoms with Gasteiger partial charge in [-0.1, -0.05) is 13.3 Å². The second-order valence-corrected chi connectivity index (χ2v) is 4.94. The molecule has 3 heteroatoms. The van der Waals surface area contributed by atoms with Crippen molar-refractivity contribution >= 4 is 5.91 Å². The Morgan fingerprint density at radius 1 is 1.33 bits per heavy atom. The molecule has 3 nitrogen and oxygen atoms in total. The second kappa shape index (κ2) is 4.52. The van der Waals surface area contributed by atoms with Crippen LogP contribution < -0.4 is 5.32 Å². The zero-order valence-electron chi connectivity index (χ0n) is 9.83. The van der Waals surface area contributed by atoms with Crippen LogP contribution in [0.1, 0.15) is 46.0 Å². The lowest BCUT2D eigenvalue weighted by molar-refractivity contribution is -0.120. The summed E-state index contributed by atoms with van der Waals surface area (Å²) in [6, 6.07) is 1.87. The number of hydrogen-bond donors (Lipinski definition) is 1. The summed E-state index contributed by atoms with van der Waals surface area (Å²) >= 11 is 0. The normalized spacial score (nSPS) is 36.3. The van der Waals surface area contributed by atoms with E-state index in [0.717, 1.165) is 24.9 Å².